The van der Waals surface area contributed by atoms with Crippen LogP contribution in [0.5, 0.6) is 0 Å². The standard InChI is InChI=1S/C12H22N2OS/c1-2-6-13-11-5-7-14(12(11)15)10-4-3-8-16-9-10/h10-11,13H,2-9H2,1H3. The Hall–Kier alpha value is -0.220. The van der Waals surface area contributed by atoms with E-state index in [1.807, 2.05) is 11.8 Å². The van der Waals surface area contributed by atoms with E-state index in [-0.39, 0.29) is 6.04 Å². The molecule has 2 rings (SSSR count). The summed E-state index contributed by atoms with van der Waals surface area (Å²) in [5.74, 6) is 2.77. The van der Waals surface area contributed by atoms with Crippen LogP contribution in [0.15, 0.2) is 0 Å². The van der Waals surface area contributed by atoms with E-state index in [2.05, 4.69) is 17.1 Å². The Morgan fingerprint density at radius 3 is 3.06 bits per heavy atom. The number of hydrogen-bond acceptors (Lipinski definition) is 3. The average molecular weight is 242 g/mol. The molecule has 2 unspecified atom stereocenters. The lowest BCUT2D eigenvalue weighted by molar-refractivity contribution is -0.131. The number of thioether (sulfide) groups is 1. The van der Waals surface area contributed by atoms with E-state index in [1.54, 1.807) is 0 Å². The Morgan fingerprint density at radius 1 is 1.50 bits per heavy atom. The van der Waals surface area contributed by atoms with Crippen LogP contribution in [0.4, 0.5) is 0 Å². The molecule has 0 spiro atoms. The van der Waals surface area contributed by atoms with Crippen LogP contribution < -0.4 is 5.32 Å². The van der Waals surface area contributed by atoms with E-state index in [9.17, 15) is 4.79 Å². The number of amides is 1. The zero-order valence-corrected chi connectivity index (χ0v) is 10.9. The summed E-state index contributed by atoms with van der Waals surface area (Å²) in [7, 11) is 0. The van der Waals surface area contributed by atoms with Crippen molar-refractivity contribution in [2.24, 2.45) is 0 Å². The van der Waals surface area contributed by atoms with Crippen molar-refractivity contribution in [2.45, 2.75) is 44.7 Å². The van der Waals surface area contributed by atoms with Crippen molar-refractivity contribution in [3.63, 3.8) is 0 Å². The summed E-state index contributed by atoms with van der Waals surface area (Å²) in [6, 6.07) is 0.617. The molecule has 0 radical (unpaired) electrons. The topological polar surface area (TPSA) is 32.3 Å². The van der Waals surface area contributed by atoms with E-state index < -0.39 is 0 Å². The van der Waals surface area contributed by atoms with E-state index in [0.717, 1.165) is 31.7 Å². The van der Waals surface area contributed by atoms with Crippen LogP contribution in [0.2, 0.25) is 0 Å². The SMILES string of the molecule is CCCNC1CCN(C2CCCSC2)C1=O. The zero-order valence-electron chi connectivity index (χ0n) is 10.1. The van der Waals surface area contributed by atoms with E-state index in [0.29, 0.717) is 11.9 Å². The second-order valence-corrected chi connectivity index (χ2v) is 5.85. The number of hydrogen-bond donors (Lipinski definition) is 1. The first-order valence-corrected chi connectivity index (χ1v) is 7.60. The van der Waals surface area contributed by atoms with E-state index in [1.165, 1.54) is 18.6 Å². The van der Waals surface area contributed by atoms with Gasteiger partial charge in [0.15, 0.2) is 0 Å². The fourth-order valence-corrected chi connectivity index (χ4v) is 3.70. The summed E-state index contributed by atoms with van der Waals surface area (Å²) in [5.41, 5.74) is 0. The van der Waals surface area contributed by atoms with Crippen molar-refractivity contribution in [3.05, 3.63) is 0 Å². The van der Waals surface area contributed by atoms with Gasteiger partial charge in [0.1, 0.15) is 0 Å². The van der Waals surface area contributed by atoms with Gasteiger partial charge in [0.25, 0.3) is 0 Å². The molecule has 0 saturated carbocycles. The fourth-order valence-electron chi connectivity index (χ4n) is 2.54. The highest BCUT2D eigenvalue weighted by atomic mass is 32.2. The van der Waals surface area contributed by atoms with Crippen LogP contribution in [-0.2, 0) is 4.79 Å². The average Bonchev–Trinajstić information content (AvgIpc) is 2.69. The largest absolute Gasteiger partial charge is 0.337 e. The van der Waals surface area contributed by atoms with Gasteiger partial charge >= 0.3 is 0 Å². The van der Waals surface area contributed by atoms with Crippen LogP contribution in [0.3, 0.4) is 0 Å². The maximum absolute atomic E-state index is 12.2. The second kappa shape index (κ2) is 5.92. The minimum absolute atomic E-state index is 0.104. The highest BCUT2D eigenvalue weighted by Crippen LogP contribution is 2.25. The van der Waals surface area contributed by atoms with Gasteiger partial charge in [-0.2, -0.15) is 11.8 Å². The first kappa shape index (κ1) is 12.2. The summed E-state index contributed by atoms with van der Waals surface area (Å²) in [6.45, 7) is 4.07. The van der Waals surface area contributed by atoms with Gasteiger partial charge < -0.3 is 10.2 Å². The van der Waals surface area contributed by atoms with Crippen molar-refractivity contribution in [2.75, 3.05) is 24.6 Å². The highest BCUT2D eigenvalue weighted by Gasteiger charge is 2.35. The summed E-state index contributed by atoms with van der Waals surface area (Å²) in [6.07, 6.45) is 4.58. The Balaban J connectivity index is 1.85. The van der Waals surface area contributed by atoms with Crippen molar-refractivity contribution in [1.29, 1.82) is 0 Å². The Bertz CT molecular complexity index is 241. The lowest BCUT2D eigenvalue weighted by atomic mass is 10.1. The number of carbonyl (C=O) groups is 1. The summed E-state index contributed by atoms with van der Waals surface area (Å²) < 4.78 is 0. The molecule has 0 aromatic rings. The minimum atomic E-state index is 0.104. The molecule has 1 amide bonds. The Labute approximate surface area is 102 Å². The third-order valence-electron chi connectivity index (χ3n) is 3.46. The third-order valence-corrected chi connectivity index (χ3v) is 4.66. The first-order chi connectivity index (χ1) is 7.83. The number of nitrogens with one attached hydrogen (secondary N) is 1. The molecule has 1 N–H and O–H groups in total. The number of likely N-dealkylation sites (tertiary alicyclic amines) is 1. The molecule has 16 heavy (non-hydrogen) atoms. The summed E-state index contributed by atoms with van der Waals surface area (Å²) >= 11 is 2.00. The first-order valence-electron chi connectivity index (χ1n) is 6.44. The van der Waals surface area contributed by atoms with Gasteiger partial charge in [-0.3, -0.25) is 4.79 Å². The molecule has 2 heterocycles. The smallest absolute Gasteiger partial charge is 0.240 e. The molecule has 3 nitrogen and oxygen atoms in total. The molecular weight excluding hydrogens is 220 g/mol. The van der Waals surface area contributed by atoms with Crippen molar-refractivity contribution in [1.82, 2.24) is 10.2 Å². The number of carbonyl (C=O) groups excluding carboxylic acids is 1. The molecule has 2 aliphatic rings. The number of nitrogens with zero attached hydrogens (tertiary/aromatic N) is 1. The minimum Gasteiger partial charge on any atom is -0.337 e. The molecule has 0 aliphatic carbocycles. The number of rotatable bonds is 4. The molecule has 0 bridgehead atoms. The third kappa shape index (κ3) is 2.72. The summed E-state index contributed by atoms with van der Waals surface area (Å²) in [4.78, 5) is 14.3. The maximum atomic E-state index is 12.2. The van der Waals surface area contributed by atoms with Crippen LogP contribution in [0.1, 0.15) is 32.6 Å². The molecule has 4 heteroatoms. The zero-order chi connectivity index (χ0) is 11.4. The predicted octanol–water partition coefficient (Wildman–Crippen LogP) is 1.48. The molecule has 2 atom stereocenters. The van der Waals surface area contributed by atoms with E-state index >= 15 is 0 Å². The van der Waals surface area contributed by atoms with Gasteiger partial charge in [-0.05, 0) is 38.0 Å². The molecule has 2 fully saturated rings. The van der Waals surface area contributed by atoms with Gasteiger partial charge in [0, 0.05) is 18.3 Å². The van der Waals surface area contributed by atoms with Gasteiger partial charge in [-0.15, -0.1) is 0 Å². The van der Waals surface area contributed by atoms with Gasteiger partial charge in [-0.1, -0.05) is 6.92 Å². The van der Waals surface area contributed by atoms with E-state index in [4.69, 9.17) is 0 Å². The Morgan fingerprint density at radius 2 is 2.38 bits per heavy atom. The predicted molar refractivity (Wildman–Crippen MR) is 68.8 cm³/mol. The molecule has 0 aromatic heterocycles. The maximum Gasteiger partial charge on any atom is 0.240 e. The van der Waals surface area contributed by atoms with Crippen LogP contribution in [-0.4, -0.2) is 47.5 Å². The van der Waals surface area contributed by atoms with Gasteiger partial charge in [-0.25, -0.2) is 0 Å². The van der Waals surface area contributed by atoms with Gasteiger partial charge in [0.2, 0.25) is 5.91 Å². The Kier molecular flexibility index (Phi) is 4.53. The molecule has 2 saturated heterocycles. The normalized spacial score (nSPS) is 31.1. The monoisotopic (exact) mass is 242 g/mol. The molecule has 0 aromatic carbocycles. The van der Waals surface area contributed by atoms with Crippen molar-refractivity contribution < 1.29 is 4.79 Å². The van der Waals surface area contributed by atoms with Crippen LogP contribution >= 0.6 is 11.8 Å². The fraction of sp³-hybridized carbons (Fsp3) is 0.917. The van der Waals surface area contributed by atoms with Crippen LogP contribution in [0.25, 0.3) is 0 Å². The van der Waals surface area contributed by atoms with Crippen molar-refractivity contribution >= 4 is 17.7 Å². The lowest BCUT2D eigenvalue weighted by Crippen LogP contribution is -2.44. The lowest BCUT2D eigenvalue weighted by Gasteiger charge is -2.30. The highest BCUT2D eigenvalue weighted by molar-refractivity contribution is 7.99. The van der Waals surface area contributed by atoms with Crippen LogP contribution in [0, 0.1) is 0 Å². The van der Waals surface area contributed by atoms with Gasteiger partial charge in [0.05, 0.1) is 6.04 Å². The second-order valence-electron chi connectivity index (χ2n) is 4.70. The molecule has 92 valence electrons. The molecule has 2 aliphatic heterocycles. The molecular formula is C12H22N2OS. The summed E-state index contributed by atoms with van der Waals surface area (Å²) in [5, 5.41) is 3.35. The van der Waals surface area contributed by atoms with Crippen molar-refractivity contribution in [3.8, 4) is 0 Å². The quantitative estimate of drug-likeness (QED) is 0.810.